The number of imidazole rings is 1. The molecule has 3 aromatic carbocycles. The van der Waals surface area contributed by atoms with Crippen molar-refractivity contribution in [3.63, 3.8) is 0 Å². The Labute approximate surface area is 273 Å². The van der Waals surface area contributed by atoms with Crippen LogP contribution in [-0.4, -0.2) is 59.4 Å². The van der Waals surface area contributed by atoms with E-state index in [4.69, 9.17) is 19.2 Å². The first-order valence-electron chi connectivity index (χ1n) is 16.9. The Hall–Kier alpha value is -4.24. The molecule has 4 aromatic rings. The van der Waals surface area contributed by atoms with Gasteiger partial charge in [-0.1, -0.05) is 27.2 Å². The Morgan fingerprint density at radius 3 is 2.35 bits per heavy atom. The molecule has 1 aliphatic heterocycles. The monoisotopic (exact) mass is 627 g/mol. The fourth-order valence-corrected chi connectivity index (χ4v) is 6.02. The number of ether oxygens (including phenoxy) is 3. The topological polar surface area (TPSA) is 89.9 Å². The fraction of sp³-hybridized carbons (Fsp3) is 0.459. The van der Waals surface area contributed by atoms with Gasteiger partial charge in [0.15, 0.2) is 11.5 Å². The molecule has 0 saturated carbocycles. The van der Waals surface area contributed by atoms with Gasteiger partial charge in [-0.3, -0.25) is 0 Å². The van der Waals surface area contributed by atoms with Gasteiger partial charge in [0, 0.05) is 49.1 Å². The molecular weight excluding hydrogens is 578 g/mol. The second-order valence-corrected chi connectivity index (χ2v) is 11.9. The zero-order chi connectivity index (χ0) is 32.5. The van der Waals surface area contributed by atoms with E-state index in [1.165, 1.54) is 19.4 Å². The summed E-state index contributed by atoms with van der Waals surface area (Å²) in [7, 11) is 1.59. The number of benzene rings is 3. The minimum Gasteiger partial charge on any atom is -0.493 e. The number of likely N-dealkylation sites (tertiary alicyclic amines) is 1. The molecule has 1 fully saturated rings. The number of nitrogens with one attached hydrogen (secondary N) is 2. The molecule has 0 radical (unpaired) electrons. The van der Waals surface area contributed by atoms with Crippen LogP contribution in [0.4, 0.5) is 10.5 Å². The Kier molecular flexibility index (Phi) is 11.4. The number of hydrogen-bond donors (Lipinski definition) is 2. The highest BCUT2D eigenvalue weighted by atomic mass is 16.5. The molecule has 246 valence electrons. The number of fused-ring (bicyclic) bond motifs is 1. The number of hydrogen-bond acceptors (Lipinski definition) is 6. The normalized spacial score (nSPS) is 14.0. The molecule has 46 heavy (non-hydrogen) atoms. The van der Waals surface area contributed by atoms with Gasteiger partial charge in [0.25, 0.3) is 0 Å². The summed E-state index contributed by atoms with van der Waals surface area (Å²) < 4.78 is 20.4. The summed E-state index contributed by atoms with van der Waals surface area (Å²) in [4.78, 5) is 20.0. The number of nitrogens with zero attached hydrogens (tertiary/aromatic N) is 3. The number of amides is 2. The summed E-state index contributed by atoms with van der Waals surface area (Å²) in [5.41, 5.74) is 3.55. The second kappa shape index (κ2) is 15.9. The molecule has 0 atom stereocenters. The van der Waals surface area contributed by atoms with Gasteiger partial charge in [0.1, 0.15) is 23.4 Å². The van der Waals surface area contributed by atoms with Crippen molar-refractivity contribution in [3.05, 3.63) is 60.7 Å². The first kappa shape index (κ1) is 33.1. The van der Waals surface area contributed by atoms with E-state index in [2.05, 4.69) is 72.1 Å². The van der Waals surface area contributed by atoms with Crippen LogP contribution in [0.3, 0.4) is 0 Å². The molecule has 0 aliphatic carbocycles. The van der Waals surface area contributed by atoms with Crippen LogP contribution in [0.1, 0.15) is 66.2 Å². The number of urea groups is 1. The lowest BCUT2D eigenvalue weighted by molar-refractivity contribution is 0.0998. The van der Waals surface area contributed by atoms with E-state index in [9.17, 15) is 4.79 Å². The van der Waals surface area contributed by atoms with Crippen LogP contribution >= 0.6 is 0 Å². The van der Waals surface area contributed by atoms with Crippen LogP contribution < -0.4 is 24.8 Å². The van der Waals surface area contributed by atoms with Gasteiger partial charge in [-0.05, 0) is 94.1 Å². The predicted octanol–water partition coefficient (Wildman–Crippen LogP) is 8.48. The summed E-state index contributed by atoms with van der Waals surface area (Å²) in [6.45, 7) is 12.7. The van der Waals surface area contributed by atoms with E-state index < -0.39 is 0 Å². The van der Waals surface area contributed by atoms with Crippen LogP contribution in [0.2, 0.25) is 0 Å². The highest BCUT2D eigenvalue weighted by molar-refractivity contribution is 5.90. The van der Waals surface area contributed by atoms with Crippen molar-refractivity contribution in [2.45, 2.75) is 84.9 Å². The van der Waals surface area contributed by atoms with Gasteiger partial charge in [-0.2, -0.15) is 0 Å². The molecule has 0 unspecified atom stereocenters. The third-order valence-electron chi connectivity index (χ3n) is 8.78. The van der Waals surface area contributed by atoms with E-state index >= 15 is 0 Å². The van der Waals surface area contributed by atoms with Gasteiger partial charge in [-0.25, -0.2) is 9.78 Å². The first-order valence-corrected chi connectivity index (χ1v) is 16.9. The van der Waals surface area contributed by atoms with E-state index in [0.29, 0.717) is 22.9 Å². The molecular formula is C37H49N5O4. The van der Waals surface area contributed by atoms with Crippen molar-refractivity contribution < 1.29 is 19.0 Å². The molecule has 1 aromatic heterocycles. The number of aromatic nitrogens is 2. The van der Waals surface area contributed by atoms with Gasteiger partial charge in [-0.15, -0.1) is 0 Å². The number of rotatable bonds is 14. The SMILES string of the molecule is CCCCN1CCC(Oc2ccc(-c3nc4cc(Oc5ccc(NC(=O)NC(CC)CC)cc5OC)ccc4n3CC)cc2)CC1. The summed E-state index contributed by atoms with van der Waals surface area (Å²) in [5, 5.41) is 5.87. The van der Waals surface area contributed by atoms with Crippen molar-refractivity contribution in [1.82, 2.24) is 19.8 Å². The standard InChI is InChI=1S/C37H49N5O4/c1-6-10-21-41-22-19-30(20-23-41)45-29-14-11-26(12-15-29)36-40-32-25-31(16-17-33(32)42(36)9-4)46-34-18-13-28(24-35(34)44-5)39-37(43)38-27(7-2)8-3/h11-18,24-25,27,30H,6-10,19-23H2,1-5H3,(H2,38,39,43). The Balaban J connectivity index is 1.26. The Bertz CT molecular complexity index is 1570. The quantitative estimate of drug-likeness (QED) is 0.146. The Morgan fingerprint density at radius 1 is 0.935 bits per heavy atom. The molecule has 0 spiro atoms. The van der Waals surface area contributed by atoms with Gasteiger partial charge >= 0.3 is 6.03 Å². The third-order valence-corrected chi connectivity index (χ3v) is 8.78. The largest absolute Gasteiger partial charge is 0.493 e. The van der Waals surface area contributed by atoms with Crippen molar-refractivity contribution in [2.24, 2.45) is 0 Å². The van der Waals surface area contributed by atoms with Gasteiger partial charge in [0.2, 0.25) is 0 Å². The van der Waals surface area contributed by atoms with Crippen molar-refractivity contribution in [3.8, 4) is 34.4 Å². The highest BCUT2D eigenvalue weighted by Crippen LogP contribution is 2.36. The predicted molar refractivity (Wildman–Crippen MR) is 185 cm³/mol. The number of anilines is 1. The van der Waals surface area contributed by atoms with Crippen LogP contribution in [0.5, 0.6) is 23.0 Å². The molecule has 2 amide bonds. The van der Waals surface area contributed by atoms with Crippen molar-refractivity contribution in [1.29, 1.82) is 0 Å². The van der Waals surface area contributed by atoms with E-state index in [0.717, 1.165) is 73.5 Å². The van der Waals surface area contributed by atoms with Crippen LogP contribution in [0.25, 0.3) is 22.4 Å². The molecule has 0 bridgehead atoms. The second-order valence-electron chi connectivity index (χ2n) is 11.9. The lowest BCUT2D eigenvalue weighted by Gasteiger charge is -2.32. The average Bonchev–Trinajstić information content (AvgIpc) is 3.45. The summed E-state index contributed by atoms with van der Waals surface area (Å²) >= 11 is 0. The zero-order valence-corrected chi connectivity index (χ0v) is 28.0. The van der Waals surface area contributed by atoms with Gasteiger partial charge in [0.05, 0.1) is 18.1 Å². The van der Waals surface area contributed by atoms with E-state index in [1.54, 1.807) is 25.3 Å². The minimum atomic E-state index is -0.238. The lowest BCUT2D eigenvalue weighted by Crippen LogP contribution is -2.38. The highest BCUT2D eigenvalue weighted by Gasteiger charge is 2.20. The van der Waals surface area contributed by atoms with Gasteiger partial charge < -0.3 is 34.3 Å². The average molecular weight is 628 g/mol. The molecule has 5 rings (SSSR count). The number of unbranched alkanes of at least 4 members (excludes halogenated alkanes) is 1. The zero-order valence-electron chi connectivity index (χ0n) is 28.0. The number of carbonyl (C=O) groups is 1. The maximum absolute atomic E-state index is 12.4. The molecule has 1 saturated heterocycles. The summed E-state index contributed by atoms with van der Waals surface area (Å²) in [6, 6.07) is 19.5. The maximum Gasteiger partial charge on any atom is 0.319 e. The van der Waals surface area contributed by atoms with E-state index in [-0.39, 0.29) is 18.2 Å². The van der Waals surface area contributed by atoms with E-state index in [1.807, 2.05) is 18.2 Å². The molecule has 9 heteroatoms. The number of methoxy groups -OCH3 is 1. The lowest BCUT2D eigenvalue weighted by atomic mass is 10.1. The summed E-state index contributed by atoms with van der Waals surface area (Å²) in [5.74, 6) is 3.53. The maximum atomic E-state index is 12.4. The third kappa shape index (κ3) is 8.12. The molecule has 1 aliphatic rings. The molecule has 2 heterocycles. The van der Waals surface area contributed by atoms with Crippen molar-refractivity contribution in [2.75, 3.05) is 32.1 Å². The Morgan fingerprint density at radius 2 is 1.67 bits per heavy atom. The summed E-state index contributed by atoms with van der Waals surface area (Å²) in [6.07, 6.45) is 6.69. The van der Waals surface area contributed by atoms with Crippen LogP contribution in [0, 0.1) is 0 Å². The smallest absolute Gasteiger partial charge is 0.319 e. The van der Waals surface area contributed by atoms with Crippen molar-refractivity contribution >= 4 is 22.8 Å². The molecule has 9 nitrogen and oxygen atoms in total. The first-order chi connectivity index (χ1) is 22.4. The van der Waals surface area contributed by atoms with Crippen LogP contribution in [0.15, 0.2) is 60.7 Å². The fourth-order valence-electron chi connectivity index (χ4n) is 6.02. The minimum absolute atomic E-state index is 0.137. The number of aryl methyl sites for hydroxylation is 1. The van der Waals surface area contributed by atoms with Crippen LogP contribution in [-0.2, 0) is 6.54 Å². The number of carbonyl (C=O) groups excluding carboxylic acids is 1. The molecule has 2 N–H and O–H groups in total. The number of piperidine rings is 1.